The average molecular weight is 453 g/mol. The Hall–Kier alpha value is -2.74. The average Bonchev–Trinajstić information content (AvgIpc) is 3.26. The van der Waals surface area contributed by atoms with Crippen molar-refractivity contribution >= 4 is 28.5 Å². The van der Waals surface area contributed by atoms with E-state index >= 15 is 0 Å². The first-order valence-corrected chi connectivity index (χ1v) is 10.2. The predicted molar refractivity (Wildman–Crippen MR) is 109 cm³/mol. The number of aromatic nitrogens is 2. The van der Waals surface area contributed by atoms with Gasteiger partial charge in [-0.05, 0) is 49.1 Å². The van der Waals surface area contributed by atoms with Gasteiger partial charge in [0.2, 0.25) is 0 Å². The third-order valence-electron chi connectivity index (χ3n) is 5.44. The lowest BCUT2D eigenvalue weighted by atomic mass is 10.0. The van der Waals surface area contributed by atoms with Crippen LogP contribution in [0.5, 0.6) is 5.75 Å². The topological polar surface area (TPSA) is 64.2 Å². The molecule has 1 aliphatic rings. The third-order valence-corrected chi connectivity index (χ3v) is 5.74. The molecule has 3 aromatic rings. The molecule has 0 amide bonds. The molecule has 0 saturated heterocycles. The van der Waals surface area contributed by atoms with Crippen LogP contribution in [0.2, 0.25) is 5.15 Å². The molecule has 5 nitrogen and oxygen atoms in total. The molecule has 164 valence electrons. The summed E-state index contributed by atoms with van der Waals surface area (Å²) in [5.74, 6) is 0.572. The Morgan fingerprint density at radius 2 is 2.13 bits per heavy atom. The molecule has 1 N–H and O–H groups in total. The van der Waals surface area contributed by atoms with Gasteiger partial charge < -0.3 is 14.5 Å². The number of H-pyrrole nitrogens is 1. The van der Waals surface area contributed by atoms with Crippen LogP contribution in [0, 0.1) is 0 Å². The molecule has 1 aromatic carbocycles. The summed E-state index contributed by atoms with van der Waals surface area (Å²) in [5, 5.41) is 0.455. The first-order valence-electron chi connectivity index (χ1n) is 9.84. The van der Waals surface area contributed by atoms with Gasteiger partial charge in [0, 0.05) is 41.2 Å². The van der Waals surface area contributed by atoms with Gasteiger partial charge in [-0.2, -0.15) is 13.2 Å². The number of esters is 1. The minimum Gasteiger partial charge on any atom is -0.489 e. The zero-order chi connectivity index (χ0) is 22.2. The number of fused-ring (bicyclic) bond motifs is 3. The molecule has 0 bridgehead atoms. The number of halogens is 4. The van der Waals surface area contributed by atoms with E-state index in [1.165, 1.54) is 18.7 Å². The highest BCUT2D eigenvalue weighted by Crippen LogP contribution is 2.40. The number of rotatable bonds is 6. The van der Waals surface area contributed by atoms with Gasteiger partial charge in [0.05, 0.1) is 12.2 Å². The highest BCUT2D eigenvalue weighted by atomic mass is 35.5. The summed E-state index contributed by atoms with van der Waals surface area (Å²) in [6, 6.07) is 6.52. The second-order valence-electron chi connectivity index (χ2n) is 7.56. The molecule has 2 heterocycles. The molecule has 31 heavy (non-hydrogen) atoms. The molecular formula is C22H20ClF3N2O3. The van der Waals surface area contributed by atoms with Gasteiger partial charge in [-0.3, -0.25) is 4.79 Å². The van der Waals surface area contributed by atoms with E-state index in [4.69, 9.17) is 21.1 Å². The predicted octanol–water partition coefficient (Wildman–Crippen LogP) is 5.80. The number of carbonyl (C=O) groups excluding carboxylic acids is 1. The minimum absolute atomic E-state index is 0.0591. The molecule has 1 atom stereocenters. The summed E-state index contributed by atoms with van der Waals surface area (Å²) >= 11 is 5.56. The molecule has 2 aromatic heterocycles. The van der Waals surface area contributed by atoms with E-state index in [0.717, 1.165) is 41.9 Å². The number of nitrogens with one attached hydrogen (secondary N) is 1. The van der Waals surface area contributed by atoms with Crippen molar-refractivity contribution in [3.63, 3.8) is 0 Å². The van der Waals surface area contributed by atoms with Gasteiger partial charge in [0.1, 0.15) is 17.5 Å². The van der Waals surface area contributed by atoms with Gasteiger partial charge in [-0.25, -0.2) is 4.98 Å². The van der Waals surface area contributed by atoms with Crippen LogP contribution in [-0.2, 0) is 28.7 Å². The van der Waals surface area contributed by atoms with Crippen molar-refractivity contribution in [2.45, 2.75) is 44.9 Å². The molecule has 9 heteroatoms. The van der Waals surface area contributed by atoms with Crippen LogP contribution in [0.3, 0.4) is 0 Å². The Morgan fingerprint density at radius 3 is 2.87 bits per heavy atom. The van der Waals surface area contributed by atoms with E-state index in [1.54, 1.807) is 6.07 Å². The van der Waals surface area contributed by atoms with Crippen LogP contribution < -0.4 is 4.74 Å². The van der Waals surface area contributed by atoms with Gasteiger partial charge in [0.25, 0.3) is 0 Å². The summed E-state index contributed by atoms with van der Waals surface area (Å²) in [6.45, 7) is 1.73. The number of hydrogen-bond acceptors (Lipinski definition) is 4. The Morgan fingerprint density at radius 1 is 1.32 bits per heavy atom. The van der Waals surface area contributed by atoms with E-state index in [9.17, 15) is 18.0 Å². The first-order chi connectivity index (χ1) is 14.7. The maximum Gasteiger partial charge on any atom is 0.419 e. The summed E-state index contributed by atoms with van der Waals surface area (Å²) in [6.07, 6.45) is -0.665. The van der Waals surface area contributed by atoms with Gasteiger partial charge in [-0.1, -0.05) is 11.6 Å². The summed E-state index contributed by atoms with van der Waals surface area (Å²) < 4.78 is 49.8. The second kappa shape index (κ2) is 8.42. The lowest BCUT2D eigenvalue weighted by molar-refractivity contribution is -0.141. The fourth-order valence-corrected chi connectivity index (χ4v) is 4.20. The van der Waals surface area contributed by atoms with E-state index in [1.807, 2.05) is 12.1 Å². The molecule has 4 rings (SSSR count). The van der Waals surface area contributed by atoms with Crippen molar-refractivity contribution < 1.29 is 27.4 Å². The van der Waals surface area contributed by atoms with Crippen molar-refractivity contribution in [1.82, 2.24) is 9.97 Å². The minimum atomic E-state index is -4.57. The zero-order valence-corrected chi connectivity index (χ0v) is 17.4. The van der Waals surface area contributed by atoms with Crippen LogP contribution in [0.15, 0.2) is 30.5 Å². The standard InChI is InChI=1S/C22H20ClF3N2O3/c1-12(29)30-7-6-14-2-4-16-17-9-15(3-5-19(17)28-20(14)16)31-11-13-8-18(22(24,25)26)21(23)27-10-13/h3,5,8-10,14,28H,2,4,6-7,11H2,1H3. The number of pyridine rings is 1. The normalized spacial score (nSPS) is 15.8. The molecule has 0 fully saturated rings. The Bertz CT molecular complexity index is 1130. The number of benzene rings is 1. The van der Waals surface area contributed by atoms with Crippen LogP contribution in [-0.4, -0.2) is 22.5 Å². The van der Waals surface area contributed by atoms with Crippen LogP contribution in [0.1, 0.15) is 48.1 Å². The number of hydrogen-bond donors (Lipinski definition) is 1. The highest BCUT2D eigenvalue weighted by molar-refractivity contribution is 6.30. The number of aromatic amines is 1. The molecular weight excluding hydrogens is 433 g/mol. The molecule has 1 unspecified atom stereocenters. The molecule has 1 aliphatic carbocycles. The molecule has 0 radical (unpaired) electrons. The van der Waals surface area contributed by atoms with Gasteiger partial charge >= 0.3 is 12.1 Å². The fourth-order valence-electron chi connectivity index (χ4n) is 3.99. The monoisotopic (exact) mass is 452 g/mol. The van der Waals surface area contributed by atoms with Crippen LogP contribution in [0.4, 0.5) is 13.2 Å². The van der Waals surface area contributed by atoms with Crippen molar-refractivity contribution in [2.75, 3.05) is 6.61 Å². The van der Waals surface area contributed by atoms with Crippen molar-refractivity contribution in [1.29, 1.82) is 0 Å². The van der Waals surface area contributed by atoms with E-state index < -0.39 is 16.9 Å². The Labute approximate surface area is 181 Å². The number of nitrogens with zero attached hydrogens (tertiary/aromatic N) is 1. The Balaban J connectivity index is 1.49. The van der Waals surface area contributed by atoms with E-state index in [-0.39, 0.29) is 18.1 Å². The fraction of sp³-hybridized carbons (Fsp3) is 0.364. The number of ether oxygens (including phenoxy) is 2. The highest BCUT2D eigenvalue weighted by Gasteiger charge is 2.34. The maximum absolute atomic E-state index is 13.0. The van der Waals surface area contributed by atoms with Crippen molar-refractivity contribution in [3.05, 3.63) is 58.0 Å². The summed E-state index contributed by atoms with van der Waals surface area (Å²) in [4.78, 5) is 18.0. The second-order valence-corrected chi connectivity index (χ2v) is 7.92. The number of aryl methyl sites for hydroxylation is 1. The zero-order valence-electron chi connectivity index (χ0n) is 16.7. The third kappa shape index (κ3) is 4.63. The van der Waals surface area contributed by atoms with E-state index in [2.05, 4.69) is 9.97 Å². The Kier molecular flexibility index (Phi) is 5.83. The first kappa shape index (κ1) is 21.5. The van der Waals surface area contributed by atoms with Crippen LogP contribution in [0.25, 0.3) is 10.9 Å². The lowest BCUT2D eigenvalue weighted by Crippen LogP contribution is -2.08. The van der Waals surface area contributed by atoms with Crippen LogP contribution >= 0.6 is 11.6 Å². The summed E-state index contributed by atoms with van der Waals surface area (Å²) in [5.41, 5.74) is 2.63. The van der Waals surface area contributed by atoms with Gasteiger partial charge in [0.15, 0.2) is 0 Å². The number of carbonyl (C=O) groups is 1. The largest absolute Gasteiger partial charge is 0.489 e. The van der Waals surface area contributed by atoms with E-state index in [0.29, 0.717) is 18.3 Å². The maximum atomic E-state index is 13.0. The SMILES string of the molecule is CC(=O)OCCC1CCc2c1[nH]c1ccc(OCc3cnc(Cl)c(C(F)(F)F)c3)cc21. The molecule has 0 spiro atoms. The smallest absolute Gasteiger partial charge is 0.419 e. The molecule has 0 saturated carbocycles. The molecule has 0 aliphatic heterocycles. The summed E-state index contributed by atoms with van der Waals surface area (Å²) in [7, 11) is 0. The number of alkyl halides is 3. The lowest BCUT2D eigenvalue weighted by Gasteiger charge is -2.11. The van der Waals surface area contributed by atoms with Gasteiger partial charge in [-0.15, -0.1) is 0 Å². The van der Waals surface area contributed by atoms with Crippen molar-refractivity contribution in [2.24, 2.45) is 0 Å². The van der Waals surface area contributed by atoms with Crippen molar-refractivity contribution in [3.8, 4) is 5.75 Å². The quantitative estimate of drug-likeness (QED) is 0.379.